The summed E-state index contributed by atoms with van der Waals surface area (Å²) in [5.74, 6) is -2.28. The number of ether oxygens (including phenoxy) is 2. The number of non-ortho nitro benzene ring substituents is 2. The second-order valence-corrected chi connectivity index (χ2v) is 12.7. The molecule has 2 aromatic rings. The second kappa shape index (κ2) is 20.9. The fourth-order valence-electron chi connectivity index (χ4n) is 3.55. The Morgan fingerprint density at radius 3 is 1.34 bits per heavy atom. The lowest BCUT2D eigenvalue weighted by atomic mass is 10.1. The van der Waals surface area contributed by atoms with E-state index < -0.39 is 57.3 Å². The van der Waals surface area contributed by atoms with E-state index in [-0.39, 0.29) is 30.4 Å². The highest BCUT2D eigenvalue weighted by Gasteiger charge is 2.25. The summed E-state index contributed by atoms with van der Waals surface area (Å²) in [5, 5.41) is 51.9. The normalized spacial score (nSPS) is 12.6. The number of hydrogen-bond acceptors (Lipinski definition) is 12. The van der Waals surface area contributed by atoms with Crippen molar-refractivity contribution in [1.82, 2.24) is 10.6 Å². The zero-order valence-electron chi connectivity index (χ0n) is 29.1. The molecule has 0 aliphatic rings. The summed E-state index contributed by atoms with van der Waals surface area (Å²) >= 11 is 0. The summed E-state index contributed by atoms with van der Waals surface area (Å²) in [6.45, 7) is 11.7. The number of nitrogens with zero attached hydrogens (tertiary/aromatic N) is 2. The van der Waals surface area contributed by atoms with Crippen LogP contribution in [0.15, 0.2) is 48.5 Å². The van der Waals surface area contributed by atoms with Crippen molar-refractivity contribution in [3.8, 4) is 0 Å². The average molecular weight is 710 g/mol. The molecule has 2 rings (SSSR count). The molecule has 0 bridgehead atoms. The molecule has 0 heterocycles. The molecule has 0 aromatic heterocycles. The van der Waals surface area contributed by atoms with Gasteiger partial charge in [0, 0.05) is 36.7 Å². The molecule has 0 radical (unpaired) electrons. The molecule has 3 atom stereocenters. The van der Waals surface area contributed by atoms with Gasteiger partial charge in [-0.05, 0) is 65.5 Å². The molecular weight excluding hydrogens is 662 g/mol. The molecule has 0 unspecified atom stereocenters. The van der Waals surface area contributed by atoms with Crippen LogP contribution in [-0.2, 0) is 31.9 Å². The van der Waals surface area contributed by atoms with E-state index >= 15 is 0 Å². The number of carbonyl (C=O) groups is 4. The zero-order valence-corrected chi connectivity index (χ0v) is 29.1. The van der Waals surface area contributed by atoms with Crippen molar-refractivity contribution in [3.05, 3.63) is 79.9 Å². The minimum absolute atomic E-state index is 0.00737. The Kier molecular flexibility index (Phi) is 18.6. The molecular formula is C32H47N5O13. The van der Waals surface area contributed by atoms with E-state index in [2.05, 4.69) is 10.6 Å². The van der Waals surface area contributed by atoms with Gasteiger partial charge in [-0.3, -0.25) is 20.2 Å². The first-order chi connectivity index (χ1) is 23.0. The third-order valence-corrected chi connectivity index (χ3v) is 5.85. The Bertz CT molecular complexity index is 1420. The van der Waals surface area contributed by atoms with Crippen LogP contribution in [0.3, 0.4) is 0 Å². The van der Waals surface area contributed by atoms with Crippen LogP contribution in [-0.4, -0.2) is 85.2 Å². The van der Waals surface area contributed by atoms with Crippen molar-refractivity contribution in [2.75, 3.05) is 6.61 Å². The minimum Gasteiger partial charge on any atom is -0.480 e. The number of aliphatic carboxylic acids is 2. The monoisotopic (exact) mass is 709 g/mol. The number of amides is 2. The molecule has 7 N–H and O–H groups in total. The minimum atomic E-state index is -1.22. The van der Waals surface area contributed by atoms with Gasteiger partial charge in [0.05, 0.1) is 16.5 Å². The van der Waals surface area contributed by atoms with Crippen LogP contribution in [0.25, 0.3) is 0 Å². The molecule has 0 saturated carbocycles. The van der Waals surface area contributed by atoms with E-state index in [9.17, 15) is 39.4 Å². The number of nitrogens with one attached hydrogen (secondary N) is 2. The van der Waals surface area contributed by atoms with Gasteiger partial charge in [0.1, 0.15) is 23.3 Å². The van der Waals surface area contributed by atoms with Crippen molar-refractivity contribution in [1.29, 1.82) is 0 Å². The van der Waals surface area contributed by atoms with Crippen LogP contribution < -0.4 is 16.4 Å². The molecule has 18 nitrogen and oxygen atoms in total. The lowest BCUT2D eigenvalue weighted by molar-refractivity contribution is -0.385. The molecule has 0 fully saturated rings. The number of aliphatic hydroxyl groups excluding tert-OH is 1. The van der Waals surface area contributed by atoms with Gasteiger partial charge in [0.25, 0.3) is 11.4 Å². The van der Waals surface area contributed by atoms with Crippen molar-refractivity contribution < 1.29 is 53.8 Å². The fraction of sp³-hybridized carbons (Fsp3) is 0.500. The van der Waals surface area contributed by atoms with Crippen molar-refractivity contribution in [2.45, 2.75) is 97.1 Å². The largest absolute Gasteiger partial charge is 0.480 e. The molecule has 0 aliphatic carbocycles. The standard InChI is InChI=1S/C14H18N2O6.C9H12N2O3.C9H17NO4/c1-14(2,3)22-13(19)15-11(12(17)18)8-9-4-6-10(7-5-9)16(20)21;10-8(6-12)5-7-1-3-9(4-2-7)11(13)14;1-5-6(7(11)12)10-8(13)14-9(2,3)4/h4-7,11H,8H2,1-3H3,(H,15,19)(H,17,18);1-4,8,12H,5-6,10H2;6H,5H2,1-4H3,(H,10,13)(H,11,12)/t11-;8-;6-/m000/s1. The summed E-state index contributed by atoms with van der Waals surface area (Å²) < 4.78 is 9.91. The molecule has 18 heteroatoms. The molecule has 278 valence electrons. The number of nitro benzene ring substituents is 2. The number of benzene rings is 2. The number of carboxylic acids is 2. The highest BCUT2D eigenvalue weighted by Crippen LogP contribution is 2.15. The number of carboxylic acid groups (broad SMARTS) is 2. The van der Waals surface area contributed by atoms with Crippen molar-refractivity contribution >= 4 is 35.5 Å². The van der Waals surface area contributed by atoms with Gasteiger partial charge in [0.2, 0.25) is 0 Å². The fourth-order valence-corrected chi connectivity index (χ4v) is 3.55. The van der Waals surface area contributed by atoms with Gasteiger partial charge >= 0.3 is 24.1 Å². The lowest BCUT2D eigenvalue weighted by Crippen LogP contribution is -2.44. The molecule has 50 heavy (non-hydrogen) atoms. The SMILES string of the molecule is CC(C)(C)OC(=O)N[C@@H](Cc1ccc([N+](=O)[O-])cc1)C(=O)O.CC[C@H](NC(=O)OC(C)(C)C)C(=O)O.N[C@H](CO)Cc1ccc([N+](=O)[O-])cc1. The molecule has 2 aromatic carbocycles. The topological polar surface area (TPSA) is 284 Å². The maximum atomic E-state index is 11.6. The maximum absolute atomic E-state index is 11.6. The third-order valence-electron chi connectivity index (χ3n) is 5.85. The number of nitro groups is 2. The number of hydrogen-bond donors (Lipinski definition) is 6. The van der Waals surface area contributed by atoms with E-state index in [0.717, 1.165) is 5.56 Å². The van der Waals surface area contributed by atoms with Gasteiger partial charge in [-0.25, -0.2) is 19.2 Å². The number of nitrogens with two attached hydrogens (primary N) is 1. The predicted molar refractivity (Wildman–Crippen MR) is 181 cm³/mol. The van der Waals surface area contributed by atoms with Gasteiger partial charge in [-0.2, -0.15) is 0 Å². The Morgan fingerprint density at radius 2 is 1.06 bits per heavy atom. The van der Waals surface area contributed by atoms with E-state index in [0.29, 0.717) is 18.4 Å². The first-order valence-corrected chi connectivity index (χ1v) is 15.3. The number of carbonyl (C=O) groups excluding carboxylic acids is 2. The van der Waals surface area contributed by atoms with Crippen LogP contribution in [0.5, 0.6) is 0 Å². The predicted octanol–water partition coefficient (Wildman–Crippen LogP) is 3.95. The van der Waals surface area contributed by atoms with Gasteiger partial charge in [-0.1, -0.05) is 31.2 Å². The summed E-state index contributed by atoms with van der Waals surface area (Å²) in [5.41, 5.74) is 5.58. The molecule has 0 aliphatic heterocycles. The second-order valence-electron chi connectivity index (χ2n) is 12.7. The molecule has 2 amide bonds. The van der Waals surface area contributed by atoms with E-state index in [1.54, 1.807) is 60.6 Å². The third kappa shape index (κ3) is 20.1. The van der Waals surface area contributed by atoms with Crippen LogP contribution >= 0.6 is 0 Å². The number of rotatable bonds is 12. The zero-order chi connectivity index (χ0) is 38.8. The van der Waals surface area contributed by atoms with Crippen LogP contribution in [0.4, 0.5) is 21.0 Å². The number of alkyl carbamates (subject to hydrolysis) is 2. The Labute approximate surface area is 289 Å². The van der Waals surface area contributed by atoms with Crippen LogP contribution in [0.2, 0.25) is 0 Å². The first kappa shape index (κ1) is 44.6. The molecule has 0 spiro atoms. The summed E-state index contributed by atoms with van der Waals surface area (Å²) in [6, 6.07) is 9.23. The Morgan fingerprint density at radius 1 is 0.720 bits per heavy atom. The van der Waals surface area contributed by atoms with Crippen LogP contribution in [0, 0.1) is 20.2 Å². The van der Waals surface area contributed by atoms with E-state index in [4.69, 9.17) is 30.5 Å². The van der Waals surface area contributed by atoms with E-state index in [1.165, 1.54) is 36.4 Å². The highest BCUT2D eigenvalue weighted by molar-refractivity contribution is 5.80. The average Bonchev–Trinajstić information content (AvgIpc) is 2.98. The summed E-state index contributed by atoms with van der Waals surface area (Å²) in [6.07, 6.45) is -0.691. The van der Waals surface area contributed by atoms with Gasteiger partial charge in [-0.15, -0.1) is 0 Å². The summed E-state index contributed by atoms with van der Waals surface area (Å²) in [4.78, 5) is 64.4. The highest BCUT2D eigenvalue weighted by atomic mass is 16.6. The maximum Gasteiger partial charge on any atom is 0.408 e. The summed E-state index contributed by atoms with van der Waals surface area (Å²) in [7, 11) is 0. The number of aliphatic hydroxyl groups is 1. The first-order valence-electron chi connectivity index (χ1n) is 15.3. The van der Waals surface area contributed by atoms with Crippen molar-refractivity contribution in [3.63, 3.8) is 0 Å². The molecule has 0 saturated heterocycles. The Balaban J connectivity index is 0.000000752. The smallest absolute Gasteiger partial charge is 0.408 e. The van der Waals surface area contributed by atoms with Gasteiger partial charge < -0.3 is 41.2 Å². The van der Waals surface area contributed by atoms with Crippen LogP contribution in [0.1, 0.15) is 66.0 Å². The van der Waals surface area contributed by atoms with Crippen molar-refractivity contribution in [2.24, 2.45) is 5.73 Å². The quantitative estimate of drug-likeness (QED) is 0.134. The van der Waals surface area contributed by atoms with Gasteiger partial charge in [0.15, 0.2) is 0 Å². The van der Waals surface area contributed by atoms with E-state index in [1.807, 2.05) is 0 Å². The lowest BCUT2D eigenvalue weighted by Gasteiger charge is -2.22. The Hall–Kier alpha value is -5.36.